The van der Waals surface area contributed by atoms with Gasteiger partial charge in [0.05, 0.1) is 13.0 Å². The van der Waals surface area contributed by atoms with Gasteiger partial charge in [-0.15, -0.1) is 13.2 Å². The fraction of sp³-hybridized carbons (Fsp3) is 0.727. The maximum atomic E-state index is 13.2. The smallest absolute Gasteiger partial charge is 0.399 e. The SMILES string of the molecule is CCC(CCOC)NC1CCC(C(=O)N2CCc3c(cc(OC(F)(F)F)c[n+]3OC)C2)C1. The average Bonchev–Trinajstić information content (AvgIpc) is 3.22. The van der Waals surface area contributed by atoms with Crippen LogP contribution >= 0.6 is 0 Å². The summed E-state index contributed by atoms with van der Waals surface area (Å²) in [6.07, 6.45) is 1.36. The summed E-state index contributed by atoms with van der Waals surface area (Å²) in [7, 11) is 3.08. The summed E-state index contributed by atoms with van der Waals surface area (Å²) in [5, 5.41) is 3.65. The molecule has 2 aliphatic rings. The molecule has 1 saturated carbocycles. The summed E-state index contributed by atoms with van der Waals surface area (Å²) in [4.78, 5) is 20.1. The number of halogens is 3. The lowest BCUT2D eigenvalue weighted by molar-refractivity contribution is -0.891. The van der Waals surface area contributed by atoms with E-state index in [9.17, 15) is 18.0 Å². The molecule has 1 aromatic heterocycles. The molecule has 1 amide bonds. The van der Waals surface area contributed by atoms with Crippen molar-refractivity contribution >= 4 is 5.91 Å². The van der Waals surface area contributed by atoms with Gasteiger partial charge in [-0.2, -0.15) is 0 Å². The number of amides is 1. The number of ether oxygens (including phenoxy) is 2. The number of fused-ring (bicyclic) bond motifs is 1. The quantitative estimate of drug-likeness (QED) is 0.574. The van der Waals surface area contributed by atoms with E-state index in [4.69, 9.17) is 9.57 Å². The summed E-state index contributed by atoms with van der Waals surface area (Å²) in [6, 6.07) is 2.01. The van der Waals surface area contributed by atoms with Gasteiger partial charge in [0.15, 0.2) is 5.75 Å². The third-order valence-electron chi connectivity index (χ3n) is 6.34. The number of nitrogens with one attached hydrogen (secondary N) is 1. The van der Waals surface area contributed by atoms with E-state index in [1.165, 1.54) is 24.1 Å². The van der Waals surface area contributed by atoms with Gasteiger partial charge in [0, 0.05) is 48.6 Å². The predicted octanol–water partition coefficient (Wildman–Crippen LogP) is 2.39. The zero-order valence-corrected chi connectivity index (χ0v) is 18.9. The summed E-state index contributed by atoms with van der Waals surface area (Å²) < 4.78 is 48.6. The predicted molar refractivity (Wildman–Crippen MR) is 110 cm³/mol. The van der Waals surface area contributed by atoms with Crippen molar-refractivity contribution in [1.82, 2.24) is 10.2 Å². The molecule has 2 heterocycles. The Balaban J connectivity index is 1.63. The fourth-order valence-corrected chi connectivity index (χ4v) is 4.72. The largest absolute Gasteiger partial charge is 0.573 e. The van der Waals surface area contributed by atoms with E-state index in [-0.39, 0.29) is 24.1 Å². The number of pyridine rings is 1. The maximum absolute atomic E-state index is 13.2. The molecule has 3 atom stereocenters. The Bertz CT molecular complexity index is 790. The Morgan fingerprint density at radius 3 is 2.78 bits per heavy atom. The molecule has 32 heavy (non-hydrogen) atoms. The van der Waals surface area contributed by atoms with E-state index in [0.29, 0.717) is 37.2 Å². The third-order valence-corrected chi connectivity index (χ3v) is 6.34. The Kier molecular flexibility index (Phi) is 8.21. The molecule has 7 nitrogen and oxygen atoms in total. The highest BCUT2D eigenvalue weighted by Gasteiger charge is 2.38. The van der Waals surface area contributed by atoms with Crippen LogP contribution in [-0.2, 0) is 22.5 Å². The van der Waals surface area contributed by atoms with Gasteiger partial charge in [-0.3, -0.25) is 9.63 Å². The number of hydrogen-bond donors (Lipinski definition) is 1. The molecule has 3 rings (SSSR count). The highest BCUT2D eigenvalue weighted by Crippen LogP contribution is 2.31. The Morgan fingerprint density at radius 1 is 1.34 bits per heavy atom. The van der Waals surface area contributed by atoms with Crippen molar-refractivity contribution in [2.45, 2.75) is 70.4 Å². The van der Waals surface area contributed by atoms with Crippen LogP contribution in [0.3, 0.4) is 0 Å². The number of aromatic nitrogens is 1. The molecular weight excluding hydrogens is 427 g/mol. The van der Waals surface area contributed by atoms with Crippen LogP contribution in [0.5, 0.6) is 5.75 Å². The normalized spacial score (nSPS) is 21.9. The highest BCUT2D eigenvalue weighted by molar-refractivity contribution is 5.79. The summed E-state index contributed by atoms with van der Waals surface area (Å²) in [5.41, 5.74) is 1.35. The zero-order valence-electron chi connectivity index (χ0n) is 18.9. The summed E-state index contributed by atoms with van der Waals surface area (Å²) in [5.74, 6) is -0.367. The zero-order chi connectivity index (χ0) is 23.3. The molecule has 1 aliphatic heterocycles. The molecule has 180 valence electrons. The van der Waals surface area contributed by atoms with E-state index >= 15 is 0 Å². The standard InChI is InChI=1S/C22H33F3N3O4/c1-4-17(8-10-30-2)26-18-6-5-15(11-18)21(29)27-9-7-20-16(13-27)12-19(14-28(20)31-3)32-22(23,24)25/h12,14-15,17-18,26H,4-11,13H2,1-3H3/q+1. The van der Waals surface area contributed by atoms with Crippen molar-refractivity contribution in [3.8, 4) is 5.75 Å². The van der Waals surface area contributed by atoms with Crippen LogP contribution < -0.4 is 19.6 Å². The van der Waals surface area contributed by atoms with Crippen LogP contribution in [0.1, 0.15) is 50.3 Å². The van der Waals surface area contributed by atoms with Gasteiger partial charge >= 0.3 is 6.36 Å². The van der Waals surface area contributed by atoms with E-state index in [1.807, 2.05) is 0 Å². The Morgan fingerprint density at radius 2 is 2.12 bits per heavy atom. The second kappa shape index (κ2) is 10.7. The molecule has 0 aromatic carbocycles. The number of methoxy groups -OCH3 is 1. The summed E-state index contributed by atoms with van der Waals surface area (Å²) >= 11 is 0. The molecule has 0 saturated heterocycles. The van der Waals surface area contributed by atoms with Gasteiger partial charge in [0.25, 0.3) is 6.20 Å². The topological polar surface area (TPSA) is 63.9 Å². The Labute approximate surface area is 186 Å². The van der Waals surface area contributed by atoms with Crippen molar-refractivity contribution in [3.05, 3.63) is 23.5 Å². The van der Waals surface area contributed by atoms with Crippen LogP contribution in [-0.4, -0.2) is 56.6 Å². The molecule has 0 bridgehead atoms. The number of nitrogens with zero attached hydrogens (tertiary/aromatic N) is 2. The van der Waals surface area contributed by atoms with E-state index in [0.717, 1.165) is 37.8 Å². The minimum atomic E-state index is -4.80. The first kappa shape index (κ1) is 24.6. The lowest BCUT2D eigenvalue weighted by atomic mass is 10.0. The number of alkyl halides is 3. The van der Waals surface area contributed by atoms with Crippen molar-refractivity contribution in [3.63, 3.8) is 0 Å². The second-order valence-corrected chi connectivity index (χ2v) is 8.47. The summed E-state index contributed by atoms with van der Waals surface area (Å²) in [6.45, 7) is 3.59. The molecular formula is C22H33F3N3O4+. The van der Waals surface area contributed by atoms with Crippen molar-refractivity contribution in [2.24, 2.45) is 5.92 Å². The minimum Gasteiger partial charge on any atom is -0.399 e. The molecule has 1 aliphatic carbocycles. The number of carbonyl (C=O) groups excluding carboxylic acids is 1. The van der Waals surface area contributed by atoms with Gasteiger partial charge < -0.3 is 19.7 Å². The van der Waals surface area contributed by atoms with Crippen LogP contribution in [0.15, 0.2) is 12.3 Å². The van der Waals surface area contributed by atoms with Crippen LogP contribution in [0.2, 0.25) is 0 Å². The maximum Gasteiger partial charge on any atom is 0.573 e. The highest BCUT2D eigenvalue weighted by atomic mass is 19.4. The van der Waals surface area contributed by atoms with E-state index in [2.05, 4.69) is 17.0 Å². The number of rotatable bonds is 9. The van der Waals surface area contributed by atoms with E-state index < -0.39 is 6.36 Å². The van der Waals surface area contributed by atoms with Gasteiger partial charge in [-0.25, -0.2) is 0 Å². The van der Waals surface area contributed by atoms with E-state index in [1.54, 1.807) is 12.0 Å². The Hall–Kier alpha value is -2.07. The van der Waals surface area contributed by atoms with Crippen molar-refractivity contribution < 1.29 is 37.0 Å². The van der Waals surface area contributed by atoms with Crippen molar-refractivity contribution in [2.75, 3.05) is 27.4 Å². The molecule has 1 N–H and O–H groups in total. The van der Waals surface area contributed by atoms with Gasteiger partial charge in [-0.05, 0) is 38.2 Å². The van der Waals surface area contributed by atoms with Crippen LogP contribution in [0.25, 0.3) is 0 Å². The van der Waals surface area contributed by atoms with Crippen LogP contribution in [0, 0.1) is 5.92 Å². The molecule has 10 heteroatoms. The molecule has 0 spiro atoms. The first-order valence-electron chi connectivity index (χ1n) is 11.2. The average molecular weight is 461 g/mol. The molecule has 1 fully saturated rings. The lowest BCUT2D eigenvalue weighted by Gasteiger charge is -2.29. The third kappa shape index (κ3) is 6.25. The van der Waals surface area contributed by atoms with Crippen LogP contribution in [0.4, 0.5) is 13.2 Å². The van der Waals surface area contributed by atoms with Crippen molar-refractivity contribution in [1.29, 1.82) is 0 Å². The molecule has 1 aromatic rings. The fourth-order valence-electron chi connectivity index (χ4n) is 4.72. The number of hydrogen-bond acceptors (Lipinski definition) is 5. The first-order chi connectivity index (χ1) is 15.2. The number of carbonyl (C=O) groups is 1. The minimum absolute atomic E-state index is 0.0657. The second-order valence-electron chi connectivity index (χ2n) is 8.47. The van der Waals surface area contributed by atoms with Gasteiger partial charge in [0.1, 0.15) is 7.11 Å². The van der Waals surface area contributed by atoms with Gasteiger partial charge in [-0.1, -0.05) is 6.92 Å². The van der Waals surface area contributed by atoms with Gasteiger partial charge in [0.2, 0.25) is 11.6 Å². The first-order valence-corrected chi connectivity index (χ1v) is 11.2. The molecule has 0 radical (unpaired) electrons. The molecule has 3 unspecified atom stereocenters. The lowest BCUT2D eigenvalue weighted by Crippen LogP contribution is -2.50. The monoisotopic (exact) mass is 460 g/mol.